The van der Waals surface area contributed by atoms with Gasteiger partial charge in [0.05, 0.1) is 17.0 Å². The first kappa shape index (κ1) is 16.4. The summed E-state index contributed by atoms with van der Waals surface area (Å²) in [6.07, 6.45) is 1.44. The van der Waals surface area contributed by atoms with Crippen LogP contribution in [0.5, 0.6) is 0 Å². The van der Waals surface area contributed by atoms with Crippen molar-refractivity contribution in [2.24, 2.45) is 5.73 Å². The number of benzene rings is 1. The summed E-state index contributed by atoms with van der Waals surface area (Å²) in [5, 5.41) is 20.3. The van der Waals surface area contributed by atoms with Crippen molar-refractivity contribution in [1.82, 2.24) is 0 Å². The van der Waals surface area contributed by atoms with Gasteiger partial charge >= 0.3 is 5.97 Å². The second-order valence-corrected chi connectivity index (χ2v) is 4.48. The zero-order valence-electron chi connectivity index (χ0n) is 11.6. The van der Waals surface area contributed by atoms with Gasteiger partial charge in [-0.2, -0.15) is 0 Å². The molecule has 0 bridgehead atoms. The summed E-state index contributed by atoms with van der Waals surface area (Å²) in [5.74, 6) is -1.97. The predicted octanol–water partition coefficient (Wildman–Crippen LogP) is 1.38. The highest BCUT2D eigenvalue weighted by Crippen LogP contribution is 2.32. The van der Waals surface area contributed by atoms with E-state index in [4.69, 9.17) is 5.73 Å². The monoisotopic (exact) mass is 295 g/mol. The van der Waals surface area contributed by atoms with Crippen LogP contribution in [0, 0.1) is 10.1 Å². The average molecular weight is 295 g/mol. The molecule has 0 aliphatic rings. The topological polar surface area (TPSA) is 127 Å². The van der Waals surface area contributed by atoms with Crippen LogP contribution in [0.4, 0.5) is 11.4 Å². The summed E-state index contributed by atoms with van der Waals surface area (Å²) >= 11 is 0. The van der Waals surface area contributed by atoms with Gasteiger partial charge in [0.1, 0.15) is 5.69 Å². The van der Waals surface area contributed by atoms with Crippen LogP contribution >= 0.6 is 0 Å². The quantitative estimate of drug-likeness (QED) is 0.551. The number of carboxylic acids is 1. The molecule has 8 heteroatoms. The highest BCUT2D eigenvalue weighted by Gasteiger charge is 2.26. The number of anilines is 1. The molecule has 21 heavy (non-hydrogen) atoms. The van der Waals surface area contributed by atoms with Gasteiger partial charge in [0.15, 0.2) is 0 Å². The van der Waals surface area contributed by atoms with Gasteiger partial charge in [-0.15, -0.1) is 0 Å². The molecule has 0 radical (unpaired) electrons. The second-order valence-electron chi connectivity index (χ2n) is 4.48. The number of rotatable bonds is 8. The van der Waals surface area contributed by atoms with Crippen molar-refractivity contribution in [1.29, 1.82) is 0 Å². The molecule has 1 aromatic carbocycles. The number of nitrogens with two attached hydrogens (primary N) is 1. The van der Waals surface area contributed by atoms with E-state index in [9.17, 15) is 24.8 Å². The van der Waals surface area contributed by atoms with E-state index in [0.29, 0.717) is 13.0 Å². The van der Waals surface area contributed by atoms with Crippen LogP contribution < -0.4 is 10.6 Å². The van der Waals surface area contributed by atoms with E-state index in [1.165, 1.54) is 23.1 Å². The Hall–Kier alpha value is -2.64. The maximum atomic E-state index is 11.3. The molecule has 0 spiro atoms. The molecule has 114 valence electrons. The van der Waals surface area contributed by atoms with Crippen molar-refractivity contribution in [2.45, 2.75) is 19.8 Å². The minimum atomic E-state index is -1.29. The number of hydrogen-bond donors (Lipinski definition) is 2. The summed E-state index contributed by atoms with van der Waals surface area (Å²) in [5.41, 5.74) is 4.50. The minimum Gasteiger partial charge on any atom is -0.478 e. The average Bonchev–Trinajstić information content (AvgIpc) is 2.42. The lowest BCUT2D eigenvalue weighted by molar-refractivity contribution is -0.384. The molecular weight excluding hydrogens is 278 g/mol. The van der Waals surface area contributed by atoms with Crippen LogP contribution in [0.15, 0.2) is 18.2 Å². The van der Waals surface area contributed by atoms with Gasteiger partial charge in [0.2, 0.25) is 5.91 Å². The predicted molar refractivity (Wildman–Crippen MR) is 76.4 cm³/mol. The third-order valence-corrected chi connectivity index (χ3v) is 2.89. The second kappa shape index (κ2) is 7.22. The lowest BCUT2D eigenvalue weighted by Gasteiger charge is -2.24. The number of nitro groups is 1. The lowest BCUT2D eigenvalue weighted by Crippen LogP contribution is -2.36. The van der Waals surface area contributed by atoms with E-state index < -0.39 is 16.8 Å². The van der Waals surface area contributed by atoms with Crippen LogP contribution in [-0.4, -0.2) is 35.0 Å². The molecule has 1 amide bonds. The van der Waals surface area contributed by atoms with E-state index in [0.717, 1.165) is 6.42 Å². The van der Waals surface area contributed by atoms with Gasteiger partial charge in [-0.1, -0.05) is 19.4 Å². The number of primary amides is 1. The molecule has 0 atom stereocenters. The Labute approximate surface area is 121 Å². The summed E-state index contributed by atoms with van der Waals surface area (Å²) in [6, 6.07) is 3.78. The van der Waals surface area contributed by atoms with Crippen LogP contribution in [0.2, 0.25) is 0 Å². The smallest absolute Gasteiger partial charge is 0.338 e. The maximum absolute atomic E-state index is 11.3. The molecule has 0 fully saturated rings. The van der Waals surface area contributed by atoms with Crippen LogP contribution in [0.1, 0.15) is 30.1 Å². The minimum absolute atomic E-state index is 0.0812. The number of para-hydroxylation sites is 1. The standard InChI is InChI=1S/C13H17N3O5/c1-2-3-7-15(8-11(14)17)12-9(13(18)19)5-4-6-10(12)16(20)21/h4-6H,2-3,7-8H2,1H3,(H2,14,17)(H,18,19). The fourth-order valence-corrected chi connectivity index (χ4v) is 1.99. The summed E-state index contributed by atoms with van der Waals surface area (Å²) in [6.45, 7) is 1.95. The fraction of sp³-hybridized carbons (Fsp3) is 0.385. The molecule has 0 aliphatic heterocycles. The molecular formula is C13H17N3O5. The molecule has 0 saturated heterocycles. The number of unbranched alkanes of at least 4 members (excludes halogenated alkanes) is 1. The lowest BCUT2D eigenvalue weighted by atomic mass is 10.1. The summed E-state index contributed by atoms with van der Waals surface area (Å²) in [7, 11) is 0. The Kier molecular flexibility index (Phi) is 5.65. The Morgan fingerprint density at radius 3 is 2.57 bits per heavy atom. The van der Waals surface area contributed by atoms with Crippen molar-refractivity contribution < 1.29 is 19.6 Å². The molecule has 0 unspecified atom stereocenters. The number of amides is 1. The number of aromatic carboxylic acids is 1. The number of carbonyl (C=O) groups is 2. The van der Waals surface area contributed by atoms with E-state index in [1.54, 1.807) is 0 Å². The van der Waals surface area contributed by atoms with Crippen molar-refractivity contribution in [3.63, 3.8) is 0 Å². The number of nitro benzene ring substituents is 1. The molecule has 1 rings (SSSR count). The van der Waals surface area contributed by atoms with Crippen LogP contribution in [0.3, 0.4) is 0 Å². The van der Waals surface area contributed by atoms with Gasteiger partial charge in [0, 0.05) is 12.6 Å². The maximum Gasteiger partial charge on any atom is 0.338 e. The molecule has 1 aromatic rings. The highest BCUT2D eigenvalue weighted by atomic mass is 16.6. The van der Waals surface area contributed by atoms with E-state index in [1.807, 2.05) is 6.92 Å². The highest BCUT2D eigenvalue weighted by molar-refractivity contribution is 5.98. The first-order valence-electron chi connectivity index (χ1n) is 6.42. The van der Waals surface area contributed by atoms with E-state index in [-0.39, 0.29) is 23.5 Å². The van der Waals surface area contributed by atoms with Gasteiger partial charge in [-0.05, 0) is 12.5 Å². The van der Waals surface area contributed by atoms with E-state index >= 15 is 0 Å². The van der Waals surface area contributed by atoms with Gasteiger partial charge in [0.25, 0.3) is 5.69 Å². The molecule has 8 nitrogen and oxygen atoms in total. The van der Waals surface area contributed by atoms with E-state index in [2.05, 4.69) is 0 Å². The third-order valence-electron chi connectivity index (χ3n) is 2.89. The molecule has 0 aliphatic carbocycles. The third kappa shape index (κ3) is 4.16. The largest absolute Gasteiger partial charge is 0.478 e. The molecule has 0 heterocycles. The molecule has 0 aromatic heterocycles. The first-order valence-corrected chi connectivity index (χ1v) is 6.42. The SMILES string of the molecule is CCCCN(CC(N)=O)c1c(C(=O)O)cccc1[N+](=O)[O-]. The van der Waals surface area contributed by atoms with Gasteiger partial charge in [-0.3, -0.25) is 14.9 Å². The zero-order valence-corrected chi connectivity index (χ0v) is 11.6. The van der Waals surface area contributed by atoms with Crippen LogP contribution in [-0.2, 0) is 4.79 Å². The zero-order chi connectivity index (χ0) is 16.0. The Morgan fingerprint density at radius 1 is 1.43 bits per heavy atom. The fourth-order valence-electron chi connectivity index (χ4n) is 1.99. The van der Waals surface area contributed by atoms with Crippen molar-refractivity contribution in [2.75, 3.05) is 18.0 Å². The first-order chi connectivity index (χ1) is 9.88. The van der Waals surface area contributed by atoms with Crippen molar-refractivity contribution >= 4 is 23.3 Å². The summed E-state index contributed by atoms with van der Waals surface area (Å²) in [4.78, 5) is 34.3. The van der Waals surface area contributed by atoms with Gasteiger partial charge < -0.3 is 15.7 Å². The van der Waals surface area contributed by atoms with Crippen molar-refractivity contribution in [3.8, 4) is 0 Å². The number of carboxylic acid groups (broad SMARTS) is 1. The summed E-state index contributed by atoms with van der Waals surface area (Å²) < 4.78 is 0. The van der Waals surface area contributed by atoms with Gasteiger partial charge in [-0.25, -0.2) is 4.79 Å². The Balaban J connectivity index is 3.40. The van der Waals surface area contributed by atoms with Crippen molar-refractivity contribution in [3.05, 3.63) is 33.9 Å². The number of hydrogen-bond acceptors (Lipinski definition) is 5. The number of nitrogens with zero attached hydrogens (tertiary/aromatic N) is 2. The molecule has 0 saturated carbocycles. The number of carbonyl (C=O) groups excluding carboxylic acids is 1. The Bertz CT molecular complexity index is 526. The van der Waals surface area contributed by atoms with Crippen LogP contribution in [0.25, 0.3) is 0 Å². The Morgan fingerprint density at radius 2 is 2.10 bits per heavy atom. The normalized spacial score (nSPS) is 10.1. The molecule has 3 N–H and O–H groups in total.